The summed E-state index contributed by atoms with van der Waals surface area (Å²) >= 11 is 5.89. The van der Waals surface area contributed by atoms with Gasteiger partial charge in [-0.1, -0.05) is 17.7 Å². The molecular weight excluding hydrogens is 378 g/mol. The Balaban J connectivity index is 1.31. The summed E-state index contributed by atoms with van der Waals surface area (Å²) in [5, 5.41) is 0.610. The van der Waals surface area contributed by atoms with Gasteiger partial charge in [-0.05, 0) is 24.3 Å². The van der Waals surface area contributed by atoms with E-state index in [0.29, 0.717) is 31.2 Å². The normalized spacial score (nSPS) is 20.0. The number of carbonyl (C=O) groups excluding carboxylic acids is 2. The van der Waals surface area contributed by atoms with Crippen molar-refractivity contribution in [3.63, 3.8) is 0 Å². The van der Waals surface area contributed by atoms with Crippen molar-refractivity contribution in [1.29, 1.82) is 0 Å². The molecule has 2 aromatic rings. The maximum atomic E-state index is 12.9. The fraction of sp³-hybridized carbons (Fsp3) is 0.400. The van der Waals surface area contributed by atoms with Gasteiger partial charge in [0.15, 0.2) is 0 Å². The van der Waals surface area contributed by atoms with Gasteiger partial charge in [-0.3, -0.25) is 14.6 Å². The SMILES string of the molecule is O=C1CC(C(=O)N2CCN(c3ccc(Cl)cn3)CC2)CN1Cc1ccccn1. The first-order valence-electron chi connectivity index (χ1n) is 9.43. The molecule has 4 rings (SSSR count). The van der Waals surface area contributed by atoms with Gasteiger partial charge in [0, 0.05) is 51.5 Å². The number of anilines is 1. The molecule has 0 N–H and O–H groups in total. The van der Waals surface area contributed by atoms with E-state index in [-0.39, 0.29) is 24.2 Å². The van der Waals surface area contributed by atoms with E-state index in [2.05, 4.69) is 14.9 Å². The zero-order valence-corrected chi connectivity index (χ0v) is 16.3. The van der Waals surface area contributed by atoms with Crippen molar-refractivity contribution >= 4 is 29.2 Å². The fourth-order valence-electron chi connectivity index (χ4n) is 3.75. The minimum absolute atomic E-state index is 0.0213. The predicted molar refractivity (Wildman–Crippen MR) is 106 cm³/mol. The average Bonchev–Trinajstić information content (AvgIpc) is 3.09. The van der Waals surface area contributed by atoms with Gasteiger partial charge in [0.05, 0.1) is 23.2 Å². The minimum atomic E-state index is -0.267. The number of piperazine rings is 1. The number of likely N-dealkylation sites (tertiary alicyclic amines) is 1. The van der Waals surface area contributed by atoms with Crippen LogP contribution < -0.4 is 4.90 Å². The van der Waals surface area contributed by atoms with Crippen LogP contribution in [0.5, 0.6) is 0 Å². The van der Waals surface area contributed by atoms with Crippen molar-refractivity contribution in [2.24, 2.45) is 5.92 Å². The fourth-order valence-corrected chi connectivity index (χ4v) is 3.86. The molecule has 2 fully saturated rings. The Bertz CT molecular complexity index is 837. The summed E-state index contributed by atoms with van der Waals surface area (Å²) in [5.41, 5.74) is 0.841. The molecule has 0 radical (unpaired) electrons. The average molecular weight is 400 g/mol. The molecule has 28 heavy (non-hydrogen) atoms. The lowest BCUT2D eigenvalue weighted by atomic mass is 10.1. The van der Waals surface area contributed by atoms with E-state index in [1.165, 1.54) is 0 Å². The number of hydrogen-bond donors (Lipinski definition) is 0. The van der Waals surface area contributed by atoms with Crippen molar-refractivity contribution in [3.8, 4) is 0 Å². The van der Waals surface area contributed by atoms with E-state index in [0.717, 1.165) is 24.6 Å². The second kappa shape index (κ2) is 8.14. The van der Waals surface area contributed by atoms with Crippen molar-refractivity contribution in [2.45, 2.75) is 13.0 Å². The Labute approximate surface area is 168 Å². The Kier molecular flexibility index (Phi) is 5.43. The molecule has 2 aromatic heterocycles. The monoisotopic (exact) mass is 399 g/mol. The summed E-state index contributed by atoms with van der Waals surface area (Å²) in [6, 6.07) is 9.36. The molecule has 2 aliphatic heterocycles. The Hall–Kier alpha value is -2.67. The summed E-state index contributed by atoms with van der Waals surface area (Å²) < 4.78 is 0. The quantitative estimate of drug-likeness (QED) is 0.784. The van der Waals surface area contributed by atoms with E-state index >= 15 is 0 Å². The van der Waals surface area contributed by atoms with Crippen LogP contribution in [0.2, 0.25) is 5.02 Å². The van der Waals surface area contributed by atoms with Gasteiger partial charge < -0.3 is 14.7 Å². The second-order valence-electron chi connectivity index (χ2n) is 7.14. The molecule has 7 nitrogen and oxygen atoms in total. The van der Waals surface area contributed by atoms with Gasteiger partial charge >= 0.3 is 0 Å². The molecule has 2 aliphatic rings. The summed E-state index contributed by atoms with van der Waals surface area (Å²) in [7, 11) is 0. The number of rotatable bonds is 4. The summed E-state index contributed by atoms with van der Waals surface area (Å²) in [4.78, 5) is 39.6. The van der Waals surface area contributed by atoms with Crippen LogP contribution in [0.25, 0.3) is 0 Å². The van der Waals surface area contributed by atoms with Crippen LogP contribution >= 0.6 is 11.6 Å². The Morgan fingerprint density at radius 2 is 1.93 bits per heavy atom. The summed E-state index contributed by atoms with van der Waals surface area (Å²) in [5.74, 6) is 0.694. The lowest BCUT2D eigenvalue weighted by Gasteiger charge is -2.36. The van der Waals surface area contributed by atoms with Crippen LogP contribution in [0.4, 0.5) is 5.82 Å². The van der Waals surface area contributed by atoms with Crippen molar-refractivity contribution < 1.29 is 9.59 Å². The molecule has 0 bridgehead atoms. The number of nitrogens with zero attached hydrogens (tertiary/aromatic N) is 5. The molecule has 0 aliphatic carbocycles. The first-order chi connectivity index (χ1) is 13.6. The van der Waals surface area contributed by atoms with Crippen LogP contribution in [0.1, 0.15) is 12.1 Å². The van der Waals surface area contributed by atoms with Crippen LogP contribution in [0.3, 0.4) is 0 Å². The van der Waals surface area contributed by atoms with Crippen molar-refractivity contribution in [3.05, 3.63) is 53.4 Å². The highest BCUT2D eigenvalue weighted by Gasteiger charge is 2.37. The van der Waals surface area contributed by atoms with Crippen LogP contribution in [0, 0.1) is 5.92 Å². The summed E-state index contributed by atoms with van der Waals surface area (Å²) in [6.45, 7) is 3.63. The third-order valence-electron chi connectivity index (χ3n) is 5.27. The predicted octanol–water partition coefficient (Wildman–Crippen LogP) is 1.83. The molecule has 8 heteroatoms. The number of amides is 2. The van der Waals surface area contributed by atoms with Gasteiger partial charge in [0.25, 0.3) is 0 Å². The molecule has 1 atom stereocenters. The van der Waals surface area contributed by atoms with E-state index in [4.69, 9.17) is 11.6 Å². The molecule has 0 saturated carbocycles. The number of aromatic nitrogens is 2. The highest BCUT2D eigenvalue weighted by molar-refractivity contribution is 6.30. The molecule has 0 spiro atoms. The number of halogens is 1. The zero-order valence-electron chi connectivity index (χ0n) is 15.5. The van der Waals surface area contributed by atoms with Crippen LogP contribution in [0.15, 0.2) is 42.7 Å². The topological polar surface area (TPSA) is 69.6 Å². The Morgan fingerprint density at radius 1 is 1.11 bits per heavy atom. The van der Waals surface area contributed by atoms with Crippen molar-refractivity contribution in [1.82, 2.24) is 19.8 Å². The standard InChI is InChI=1S/C20H22ClN5O2/c21-16-4-5-18(23-12-16)24-7-9-25(10-8-24)20(28)15-11-19(27)26(13-15)14-17-3-1-2-6-22-17/h1-6,12,15H,7-11,13-14H2. The van der Waals surface area contributed by atoms with Gasteiger partial charge in [-0.25, -0.2) is 4.98 Å². The zero-order chi connectivity index (χ0) is 19.5. The smallest absolute Gasteiger partial charge is 0.228 e. The van der Waals surface area contributed by atoms with Gasteiger partial charge in [-0.15, -0.1) is 0 Å². The highest BCUT2D eigenvalue weighted by atomic mass is 35.5. The van der Waals surface area contributed by atoms with E-state index < -0.39 is 0 Å². The third kappa shape index (κ3) is 4.09. The maximum absolute atomic E-state index is 12.9. The Morgan fingerprint density at radius 3 is 2.61 bits per heavy atom. The molecule has 2 saturated heterocycles. The first-order valence-corrected chi connectivity index (χ1v) is 9.81. The largest absolute Gasteiger partial charge is 0.353 e. The van der Waals surface area contributed by atoms with Crippen molar-refractivity contribution in [2.75, 3.05) is 37.6 Å². The van der Waals surface area contributed by atoms with E-state index in [9.17, 15) is 9.59 Å². The summed E-state index contributed by atoms with van der Waals surface area (Å²) in [6.07, 6.45) is 3.63. The maximum Gasteiger partial charge on any atom is 0.228 e. The highest BCUT2D eigenvalue weighted by Crippen LogP contribution is 2.23. The van der Waals surface area contributed by atoms with Crippen LogP contribution in [-0.2, 0) is 16.1 Å². The first kappa shape index (κ1) is 18.7. The van der Waals surface area contributed by atoms with Gasteiger partial charge in [-0.2, -0.15) is 0 Å². The number of carbonyl (C=O) groups is 2. The van der Waals surface area contributed by atoms with Crippen LogP contribution in [-0.4, -0.2) is 64.3 Å². The molecule has 0 aromatic carbocycles. The molecular formula is C20H22ClN5O2. The molecule has 2 amide bonds. The molecule has 146 valence electrons. The lowest BCUT2D eigenvalue weighted by Crippen LogP contribution is -2.50. The number of hydrogen-bond acceptors (Lipinski definition) is 5. The molecule has 4 heterocycles. The number of pyridine rings is 2. The van der Waals surface area contributed by atoms with E-state index in [1.54, 1.807) is 17.3 Å². The molecule has 1 unspecified atom stereocenters. The van der Waals surface area contributed by atoms with Gasteiger partial charge in [0.2, 0.25) is 11.8 Å². The van der Waals surface area contributed by atoms with E-state index in [1.807, 2.05) is 35.2 Å². The lowest BCUT2D eigenvalue weighted by molar-refractivity contribution is -0.136. The second-order valence-corrected chi connectivity index (χ2v) is 7.58. The van der Waals surface area contributed by atoms with Gasteiger partial charge in [0.1, 0.15) is 5.82 Å². The third-order valence-corrected chi connectivity index (χ3v) is 5.49. The minimum Gasteiger partial charge on any atom is -0.353 e.